The van der Waals surface area contributed by atoms with Crippen LogP contribution in [0.5, 0.6) is 34.5 Å². The highest BCUT2D eigenvalue weighted by molar-refractivity contribution is 7.90. The maximum absolute atomic E-state index is 12.8. The Morgan fingerprint density at radius 1 is 0.568 bits per heavy atom. The van der Waals surface area contributed by atoms with E-state index in [4.69, 9.17) is 0 Å². The van der Waals surface area contributed by atoms with E-state index in [0.29, 0.717) is 25.0 Å². The Hall–Kier alpha value is -4.78. The minimum atomic E-state index is -4.36. The summed E-state index contributed by atoms with van der Waals surface area (Å²) in [5.41, 5.74) is -1.24. The molecule has 0 unspecified atom stereocenters. The molecule has 0 aliphatic heterocycles. The Bertz CT molecular complexity index is 1680. The minimum absolute atomic E-state index is 0.00220. The van der Waals surface area contributed by atoms with E-state index >= 15 is 0 Å². The lowest BCUT2D eigenvalue weighted by Gasteiger charge is -2.14. The first-order valence-electron chi connectivity index (χ1n) is 12.8. The lowest BCUT2D eigenvalue weighted by molar-refractivity contribution is 0.101. The fourth-order valence-corrected chi connectivity index (χ4v) is 6.17. The van der Waals surface area contributed by atoms with Gasteiger partial charge in [0.2, 0.25) is 31.5 Å². The summed E-state index contributed by atoms with van der Waals surface area (Å²) in [7, 11) is -8.72. The van der Waals surface area contributed by atoms with E-state index < -0.39 is 87.3 Å². The maximum atomic E-state index is 12.8. The topological polar surface area (TPSA) is 272 Å². The van der Waals surface area contributed by atoms with Gasteiger partial charge < -0.3 is 41.3 Å². The fourth-order valence-electron chi connectivity index (χ4n) is 3.67. The van der Waals surface area contributed by atoms with E-state index in [-0.39, 0.29) is 24.5 Å². The first-order chi connectivity index (χ1) is 20.5. The molecule has 238 valence electrons. The number of sulfonamides is 2. The van der Waals surface area contributed by atoms with Gasteiger partial charge in [0.25, 0.3) is 11.8 Å². The van der Waals surface area contributed by atoms with Crippen LogP contribution in [0, 0.1) is 0 Å². The van der Waals surface area contributed by atoms with Crippen LogP contribution in [0.15, 0.2) is 46.2 Å². The molecule has 2 amide bonds. The highest BCUT2D eigenvalue weighted by atomic mass is 32.2. The van der Waals surface area contributed by atoms with Gasteiger partial charge in [-0.1, -0.05) is 13.8 Å². The van der Waals surface area contributed by atoms with Crippen molar-refractivity contribution < 1.29 is 57.1 Å². The van der Waals surface area contributed by atoms with Crippen molar-refractivity contribution in [1.29, 1.82) is 0 Å². The number of carbonyl (C=O) groups is 2. The average Bonchev–Trinajstić information content (AvgIpc) is 2.97. The molecule has 0 saturated carbocycles. The molecule has 0 atom stereocenters. The first-order valence-corrected chi connectivity index (χ1v) is 15.8. The summed E-state index contributed by atoms with van der Waals surface area (Å²) in [6.07, 6.45) is 0.817. The molecule has 0 spiro atoms. The second kappa shape index (κ2) is 13.2. The number of phenols is 6. The summed E-state index contributed by atoms with van der Waals surface area (Å²) in [6.45, 7) is 3.36. The van der Waals surface area contributed by atoms with Gasteiger partial charge >= 0.3 is 0 Å². The van der Waals surface area contributed by atoms with E-state index in [9.17, 15) is 57.1 Å². The van der Waals surface area contributed by atoms with Crippen LogP contribution in [0.3, 0.4) is 0 Å². The zero-order chi connectivity index (χ0) is 33.0. The first kappa shape index (κ1) is 33.7. The Kier molecular flexibility index (Phi) is 10.2. The Morgan fingerprint density at radius 2 is 0.886 bits per heavy atom. The zero-order valence-electron chi connectivity index (χ0n) is 23.2. The number of amides is 2. The standard InChI is InChI=1S/C26H30N4O12S2/c1-3-9-27-43(39,40)17-11-15(19(31)23(35)21(17)33)25(37)29-13-5-7-14(8-6-13)30-26(38)16-12-18(22(34)24(36)20(16)32)44(41,42)28-10-4-2/h5-8,11-12,27-28,31-36H,3-4,9-10H2,1-2H3,(H,29,37)(H,30,38). The summed E-state index contributed by atoms with van der Waals surface area (Å²) in [4.78, 5) is 24.0. The molecule has 0 saturated heterocycles. The van der Waals surface area contributed by atoms with Crippen LogP contribution in [0.25, 0.3) is 0 Å². The van der Waals surface area contributed by atoms with E-state index in [1.807, 2.05) is 0 Å². The summed E-state index contributed by atoms with van der Waals surface area (Å²) in [5, 5.41) is 65.3. The summed E-state index contributed by atoms with van der Waals surface area (Å²) >= 11 is 0. The molecule has 3 rings (SSSR count). The van der Waals surface area contributed by atoms with Gasteiger partial charge in [-0.15, -0.1) is 0 Å². The highest BCUT2D eigenvalue weighted by Crippen LogP contribution is 2.43. The molecule has 3 aromatic carbocycles. The average molecular weight is 655 g/mol. The van der Waals surface area contributed by atoms with Crippen molar-refractivity contribution in [3.05, 3.63) is 47.5 Å². The van der Waals surface area contributed by atoms with Gasteiger partial charge in [0.05, 0.1) is 11.1 Å². The van der Waals surface area contributed by atoms with Crippen molar-refractivity contribution in [2.75, 3.05) is 23.7 Å². The molecule has 10 N–H and O–H groups in total. The van der Waals surface area contributed by atoms with Crippen molar-refractivity contribution in [2.24, 2.45) is 0 Å². The lowest BCUT2D eigenvalue weighted by atomic mass is 10.1. The largest absolute Gasteiger partial charge is 0.504 e. The highest BCUT2D eigenvalue weighted by Gasteiger charge is 2.29. The van der Waals surface area contributed by atoms with Crippen molar-refractivity contribution in [3.63, 3.8) is 0 Å². The third-order valence-electron chi connectivity index (χ3n) is 5.98. The quantitative estimate of drug-likeness (QED) is 0.125. The second-order valence-corrected chi connectivity index (χ2v) is 12.7. The number of benzene rings is 3. The number of phenolic OH excluding ortho intramolecular Hbond substituents is 6. The Morgan fingerprint density at radius 3 is 1.18 bits per heavy atom. The van der Waals surface area contributed by atoms with E-state index in [0.717, 1.165) is 0 Å². The maximum Gasteiger partial charge on any atom is 0.259 e. The number of rotatable bonds is 12. The zero-order valence-corrected chi connectivity index (χ0v) is 24.9. The molecule has 0 radical (unpaired) electrons. The Labute approximate surface area is 251 Å². The number of anilines is 2. The summed E-state index contributed by atoms with van der Waals surface area (Å²) in [6, 6.07) is 6.43. The number of nitrogens with one attached hydrogen (secondary N) is 4. The molecule has 16 nitrogen and oxygen atoms in total. The van der Waals surface area contributed by atoms with Crippen LogP contribution in [0.4, 0.5) is 11.4 Å². The molecular weight excluding hydrogens is 624 g/mol. The van der Waals surface area contributed by atoms with Crippen molar-refractivity contribution in [1.82, 2.24) is 9.44 Å². The van der Waals surface area contributed by atoms with E-state index in [1.165, 1.54) is 24.3 Å². The molecular formula is C26H30N4O12S2. The molecule has 3 aromatic rings. The van der Waals surface area contributed by atoms with Crippen LogP contribution in [0.1, 0.15) is 47.4 Å². The molecule has 0 aromatic heterocycles. The van der Waals surface area contributed by atoms with Gasteiger partial charge in [-0.3, -0.25) is 9.59 Å². The molecule has 0 bridgehead atoms. The van der Waals surface area contributed by atoms with Gasteiger partial charge in [-0.2, -0.15) is 0 Å². The van der Waals surface area contributed by atoms with Crippen LogP contribution in [-0.4, -0.2) is 72.4 Å². The molecule has 0 aliphatic carbocycles. The molecule has 0 aliphatic rings. The monoisotopic (exact) mass is 654 g/mol. The van der Waals surface area contributed by atoms with E-state index in [2.05, 4.69) is 20.1 Å². The fraction of sp³-hybridized carbons (Fsp3) is 0.231. The third kappa shape index (κ3) is 7.05. The van der Waals surface area contributed by atoms with Crippen LogP contribution < -0.4 is 20.1 Å². The Balaban J connectivity index is 1.84. The summed E-state index contributed by atoms with van der Waals surface area (Å²) < 4.78 is 54.3. The number of hydrogen-bond donors (Lipinski definition) is 10. The molecule has 44 heavy (non-hydrogen) atoms. The third-order valence-corrected chi connectivity index (χ3v) is 8.93. The number of carbonyl (C=O) groups excluding carboxylic acids is 2. The van der Waals surface area contributed by atoms with Crippen molar-refractivity contribution in [3.8, 4) is 34.5 Å². The van der Waals surface area contributed by atoms with E-state index in [1.54, 1.807) is 13.8 Å². The van der Waals surface area contributed by atoms with Crippen LogP contribution in [0.2, 0.25) is 0 Å². The van der Waals surface area contributed by atoms with Crippen molar-refractivity contribution >= 4 is 43.2 Å². The predicted molar refractivity (Wildman–Crippen MR) is 156 cm³/mol. The second-order valence-electron chi connectivity index (χ2n) is 9.22. The van der Waals surface area contributed by atoms with Gasteiger partial charge in [-0.25, -0.2) is 26.3 Å². The minimum Gasteiger partial charge on any atom is -0.504 e. The number of hydrogen-bond acceptors (Lipinski definition) is 12. The molecule has 0 heterocycles. The smallest absolute Gasteiger partial charge is 0.259 e. The number of aromatic hydroxyl groups is 6. The van der Waals surface area contributed by atoms with Gasteiger partial charge in [-0.05, 0) is 49.2 Å². The SMILES string of the molecule is CCCNS(=O)(=O)c1cc(C(=O)Nc2ccc(NC(=O)c3cc(S(=O)(=O)NCCC)c(O)c(O)c3O)cc2)c(O)c(O)c1O. The van der Waals surface area contributed by atoms with Gasteiger partial charge in [0, 0.05) is 24.5 Å². The van der Waals surface area contributed by atoms with Crippen molar-refractivity contribution in [2.45, 2.75) is 36.5 Å². The molecule has 18 heteroatoms. The normalized spacial score (nSPS) is 11.7. The van der Waals surface area contributed by atoms with Gasteiger partial charge in [0.1, 0.15) is 9.79 Å². The van der Waals surface area contributed by atoms with Gasteiger partial charge in [0.15, 0.2) is 23.0 Å². The lowest BCUT2D eigenvalue weighted by Crippen LogP contribution is -2.25. The molecule has 0 fully saturated rings. The van der Waals surface area contributed by atoms with Crippen LogP contribution in [-0.2, 0) is 20.0 Å². The predicted octanol–water partition coefficient (Wildman–Crippen LogP) is 1.80. The summed E-state index contributed by atoms with van der Waals surface area (Å²) in [5.74, 6) is -9.08. The van der Waals surface area contributed by atoms with Crippen LogP contribution >= 0.6 is 0 Å².